The lowest BCUT2D eigenvalue weighted by molar-refractivity contribution is -0.145. The SMILES string of the molecule is CC[C@H](C)COC(=O)[C@H](C#N)c1nc2ccccc2nc1N1CCN(C)CC1. The molecule has 1 saturated heterocycles. The molecule has 0 saturated carbocycles. The molecular weight excluding hydrogens is 354 g/mol. The summed E-state index contributed by atoms with van der Waals surface area (Å²) in [6.07, 6.45) is 0.910. The largest absolute Gasteiger partial charge is 0.464 e. The second kappa shape index (κ2) is 8.98. The maximum Gasteiger partial charge on any atom is 0.329 e. The van der Waals surface area contributed by atoms with E-state index in [0.29, 0.717) is 23.6 Å². The Morgan fingerprint density at radius 3 is 2.46 bits per heavy atom. The number of benzene rings is 1. The van der Waals surface area contributed by atoms with Crippen molar-refractivity contribution in [1.29, 1.82) is 5.26 Å². The number of likely N-dealkylation sites (N-methyl/N-ethyl adjacent to an activating group) is 1. The van der Waals surface area contributed by atoms with Crippen molar-refractivity contribution < 1.29 is 9.53 Å². The smallest absolute Gasteiger partial charge is 0.329 e. The average molecular weight is 381 g/mol. The van der Waals surface area contributed by atoms with Gasteiger partial charge in [0.05, 0.1) is 23.7 Å². The number of esters is 1. The Morgan fingerprint density at radius 2 is 1.86 bits per heavy atom. The Balaban J connectivity index is 1.97. The van der Waals surface area contributed by atoms with Gasteiger partial charge in [-0.3, -0.25) is 4.79 Å². The van der Waals surface area contributed by atoms with Crippen LogP contribution in [0.15, 0.2) is 24.3 Å². The van der Waals surface area contributed by atoms with Crippen LogP contribution in [0, 0.1) is 17.2 Å². The standard InChI is InChI=1S/C21H27N5O2/c1-4-15(2)14-28-21(27)16(13-22)19-20(26-11-9-25(3)10-12-26)24-18-8-6-5-7-17(18)23-19/h5-8,15-16H,4,9-12,14H2,1-3H3/t15-,16+/m0/s1. The van der Waals surface area contributed by atoms with Gasteiger partial charge in [0.25, 0.3) is 0 Å². The van der Waals surface area contributed by atoms with Gasteiger partial charge in [0, 0.05) is 26.2 Å². The van der Waals surface area contributed by atoms with Crippen LogP contribution in [0.25, 0.3) is 11.0 Å². The molecule has 28 heavy (non-hydrogen) atoms. The van der Waals surface area contributed by atoms with Gasteiger partial charge in [-0.25, -0.2) is 9.97 Å². The predicted octanol–water partition coefficient (Wildman–Crippen LogP) is 2.58. The van der Waals surface area contributed by atoms with Crippen molar-refractivity contribution in [2.75, 3.05) is 44.7 Å². The monoisotopic (exact) mass is 381 g/mol. The maximum atomic E-state index is 12.7. The Labute approximate surface area is 165 Å². The lowest BCUT2D eigenvalue weighted by Gasteiger charge is -2.34. The number of para-hydroxylation sites is 2. The molecule has 0 aliphatic carbocycles. The Bertz CT molecular complexity index is 871. The summed E-state index contributed by atoms with van der Waals surface area (Å²) in [7, 11) is 2.08. The van der Waals surface area contributed by atoms with Crippen LogP contribution in [0.3, 0.4) is 0 Å². The van der Waals surface area contributed by atoms with E-state index in [1.165, 1.54) is 0 Å². The second-order valence-corrected chi connectivity index (χ2v) is 7.42. The van der Waals surface area contributed by atoms with Crippen molar-refractivity contribution >= 4 is 22.8 Å². The van der Waals surface area contributed by atoms with Crippen LogP contribution in [0.1, 0.15) is 31.9 Å². The fraction of sp³-hybridized carbons (Fsp3) is 0.524. The van der Waals surface area contributed by atoms with Gasteiger partial charge in [-0.1, -0.05) is 32.4 Å². The molecule has 0 bridgehead atoms. The van der Waals surface area contributed by atoms with Crippen LogP contribution in [-0.2, 0) is 9.53 Å². The van der Waals surface area contributed by atoms with E-state index in [-0.39, 0.29) is 5.92 Å². The Morgan fingerprint density at radius 1 is 1.21 bits per heavy atom. The van der Waals surface area contributed by atoms with Crippen LogP contribution in [0.2, 0.25) is 0 Å². The third kappa shape index (κ3) is 4.39. The Kier molecular flexibility index (Phi) is 6.42. The normalized spacial score (nSPS) is 17.1. The number of anilines is 1. The van der Waals surface area contributed by atoms with Gasteiger partial charge in [-0.15, -0.1) is 0 Å². The first-order valence-corrected chi connectivity index (χ1v) is 9.80. The molecule has 1 aromatic carbocycles. The third-order valence-corrected chi connectivity index (χ3v) is 5.23. The van der Waals surface area contributed by atoms with Gasteiger partial charge in [0.15, 0.2) is 11.7 Å². The molecule has 1 aromatic heterocycles. The minimum Gasteiger partial charge on any atom is -0.464 e. The molecule has 7 heteroatoms. The summed E-state index contributed by atoms with van der Waals surface area (Å²) in [6.45, 7) is 7.69. The van der Waals surface area contributed by atoms with Crippen molar-refractivity contribution in [1.82, 2.24) is 14.9 Å². The predicted molar refractivity (Wildman–Crippen MR) is 108 cm³/mol. The first-order valence-electron chi connectivity index (χ1n) is 9.80. The van der Waals surface area contributed by atoms with Gasteiger partial charge in [0.1, 0.15) is 5.69 Å². The Hall–Kier alpha value is -2.72. The first kappa shape index (κ1) is 20.0. The zero-order valence-electron chi connectivity index (χ0n) is 16.8. The molecule has 0 N–H and O–H groups in total. The summed E-state index contributed by atoms with van der Waals surface area (Å²) >= 11 is 0. The van der Waals surface area contributed by atoms with Gasteiger partial charge < -0.3 is 14.5 Å². The third-order valence-electron chi connectivity index (χ3n) is 5.23. The zero-order valence-corrected chi connectivity index (χ0v) is 16.8. The molecule has 0 unspecified atom stereocenters. The second-order valence-electron chi connectivity index (χ2n) is 7.42. The summed E-state index contributed by atoms with van der Waals surface area (Å²) in [4.78, 5) is 26.5. The molecule has 0 spiro atoms. The van der Waals surface area contributed by atoms with E-state index >= 15 is 0 Å². The molecule has 7 nitrogen and oxygen atoms in total. The summed E-state index contributed by atoms with van der Waals surface area (Å²) < 4.78 is 5.42. The van der Waals surface area contributed by atoms with E-state index in [0.717, 1.165) is 38.1 Å². The molecule has 0 amide bonds. The fourth-order valence-electron chi connectivity index (χ4n) is 3.10. The number of aromatic nitrogens is 2. The molecule has 0 radical (unpaired) electrons. The molecule has 2 aromatic rings. The minimum atomic E-state index is -1.09. The van der Waals surface area contributed by atoms with Crippen molar-refractivity contribution in [2.45, 2.75) is 26.2 Å². The molecule has 2 heterocycles. The summed E-state index contributed by atoms with van der Waals surface area (Å²) in [5.41, 5.74) is 1.81. The van der Waals surface area contributed by atoms with Crippen LogP contribution in [0.5, 0.6) is 0 Å². The fourth-order valence-corrected chi connectivity index (χ4v) is 3.10. The van der Waals surface area contributed by atoms with E-state index in [4.69, 9.17) is 9.72 Å². The number of nitriles is 1. The van der Waals surface area contributed by atoms with E-state index in [1.54, 1.807) is 0 Å². The molecule has 2 atom stereocenters. The number of rotatable bonds is 6. The van der Waals surface area contributed by atoms with Crippen LogP contribution < -0.4 is 4.90 Å². The summed E-state index contributed by atoms with van der Waals surface area (Å²) in [6, 6.07) is 9.62. The van der Waals surface area contributed by atoms with E-state index < -0.39 is 11.9 Å². The summed E-state index contributed by atoms with van der Waals surface area (Å²) in [5.74, 6) is -0.777. The van der Waals surface area contributed by atoms with Gasteiger partial charge >= 0.3 is 5.97 Å². The van der Waals surface area contributed by atoms with E-state index in [1.807, 2.05) is 38.1 Å². The van der Waals surface area contributed by atoms with Gasteiger partial charge in [-0.05, 0) is 25.1 Å². The van der Waals surface area contributed by atoms with Crippen molar-refractivity contribution in [2.24, 2.45) is 5.92 Å². The highest BCUT2D eigenvalue weighted by Gasteiger charge is 2.31. The topological polar surface area (TPSA) is 82.3 Å². The number of carbonyl (C=O) groups is 1. The number of fused-ring (bicyclic) bond motifs is 1. The number of carbonyl (C=O) groups excluding carboxylic acids is 1. The molecule has 1 aliphatic rings. The number of hydrogen-bond donors (Lipinski definition) is 0. The van der Waals surface area contributed by atoms with E-state index in [9.17, 15) is 10.1 Å². The van der Waals surface area contributed by atoms with Gasteiger partial charge in [0.2, 0.25) is 0 Å². The highest BCUT2D eigenvalue weighted by atomic mass is 16.5. The van der Waals surface area contributed by atoms with Crippen LogP contribution in [0.4, 0.5) is 5.82 Å². The first-order chi connectivity index (χ1) is 13.5. The van der Waals surface area contributed by atoms with E-state index in [2.05, 4.69) is 27.9 Å². The molecule has 3 rings (SSSR count). The number of piperazine rings is 1. The van der Waals surface area contributed by atoms with Crippen LogP contribution >= 0.6 is 0 Å². The highest BCUT2D eigenvalue weighted by molar-refractivity contribution is 5.85. The van der Waals surface area contributed by atoms with Crippen molar-refractivity contribution in [3.63, 3.8) is 0 Å². The quantitative estimate of drug-likeness (QED) is 0.711. The minimum absolute atomic E-state index is 0.253. The number of hydrogen-bond acceptors (Lipinski definition) is 7. The summed E-state index contributed by atoms with van der Waals surface area (Å²) in [5, 5.41) is 9.76. The van der Waals surface area contributed by atoms with Crippen LogP contribution in [-0.4, -0.2) is 60.7 Å². The lowest BCUT2D eigenvalue weighted by atomic mass is 10.1. The maximum absolute atomic E-state index is 12.7. The number of nitrogens with zero attached hydrogens (tertiary/aromatic N) is 5. The van der Waals surface area contributed by atoms with Crippen molar-refractivity contribution in [3.05, 3.63) is 30.0 Å². The molecule has 1 aliphatic heterocycles. The molecule has 148 valence electrons. The zero-order chi connectivity index (χ0) is 20.1. The van der Waals surface area contributed by atoms with Gasteiger partial charge in [-0.2, -0.15) is 5.26 Å². The molecule has 1 fully saturated rings. The highest BCUT2D eigenvalue weighted by Crippen LogP contribution is 2.28. The molecular formula is C21H27N5O2. The van der Waals surface area contributed by atoms with Crippen molar-refractivity contribution in [3.8, 4) is 6.07 Å². The number of ether oxygens (including phenoxy) is 1. The lowest BCUT2D eigenvalue weighted by Crippen LogP contribution is -2.45. The average Bonchev–Trinajstić information content (AvgIpc) is 2.72.